The maximum atomic E-state index is 12.9. The van der Waals surface area contributed by atoms with Gasteiger partial charge in [0.15, 0.2) is 10.8 Å². The van der Waals surface area contributed by atoms with Crippen molar-refractivity contribution in [3.05, 3.63) is 51.8 Å². The Morgan fingerprint density at radius 2 is 2.08 bits per heavy atom. The minimum absolute atomic E-state index is 0.224. The van der Waals surface area contributed by atoms with Crippen LogP contribution in [-0.2, 0) is 11.9 Å². The molecule has 3 aromatic heterocycles. The number of pyridine rings is 1. The maximum Gasteiger partial charge on any atom is 0.417 e. The third kappa shape index (κ3) is 3.39. The zero-order valence-electron chi connectivity index (χ0n) is 12.7. The summed E-state index contributed by atoms with van der Waals surface area (Å²) >= 11 is 1.19. The topological polar surface area (TPSA) is 75.9 Å². The second-order valence-electron chi connectivity index (χ2n) is 5.81. The zero-order valence-corrected chi connectivity index (χ0v) is 13.6. The van der Waals surface area contributed by atoms with Gasteiger partial charge in [0.05, 0.1) is 11.3 Å². The Labute approximate surface area is 143 Å². The first-order valence-corrected chi connectivity index (χ1v) is 8.53. The van der Waals surface area contributed by atoms with Crippen LogP contribution in [0.5, 0.6) is 0 Å². The van der Waals surface area contributed by atoms with E-state index < -0.39 is 11.7 Å². The van der Waals surface area contributed by atoms with E-state index in [0.717, 1.165) is 25.1 Å². The first-order valence-electron chi connectivity index (χ1n) is 7.55. The summed E-state index contributed by atoms with van der Waals surface area (Å²) in [5.74, 6) is 1.30. The summed E-state index contributed by atoms with van der Waals surface area (Å²) in [4.78, 5) is 18.8. The molecule has 4 rings (SSSR count). The molecule has 130 valence electrons. The standard InChI is InChI=1S/C15H12F3N5OS/c16-15(17,18)9-3-4-11-21-22-14(23(11)6-9)25-7-10-5-12(24)20-13(19-10)8-1-2-8/h3-6,8H,1-2,7H2,(H,19,20,24). The van der Waals surface area contributed by atoms with E-state index in [1.54, 1.807) is 0 Å². The molecular formula is C15H12F3N5OS. The van der Waals surface area contributed by atoms with Crippen LogP contribution in [0.2, 0.25) is 0 Å². The minimum Gasteiger partial charge on any atom is -0.310 e. The molecule has 1 N–H and O–H groups in total. The van der Waals surface area contributed by atoms with Crippen LogP contribution in [0.4, 0.5) is 13.2 Å². The van der Waals surface area contributed by atoms with E-state index in [4.69, 9.17) is 0 Å². The lowest BCUT2D eigenvalue weighted by molar-refractivity contribution is -0.137. The molecule has 25 heavy (non-hydrogen) atoms. The van der Waals surface area contributed by atoms with Crippen molar-refractivity contribution < 1.29 is 13.2 Å². The first kappa shape index (κ1) is 16.1. The van der Waals surface area contributed by atoms with Gasteiger partial charge in [-0.1, -0.05) is 11.8 Å². The number of nitrogens with one attached hydrogen (secondary N) is 1. The molecule has 0 aromatic carbocycles. The Morgan fingerprint density at radius 3 is 2.80 bits per heavy atom. The highest BCUT2D eigenvalue weighted by molar-refractivity contribution is 7.98. The summed E-state index contributed by atoms with van der Waals surface area (Å²) in [5, 5.41) is 8.10. The number of rotatable bonds is 4. The van der Waals surface area contributed by atoms with Gasteiger partial charge in [0.25, 0.3) is 5.56 Å². The van der Waals surface area contributed by atoms with Gasteiger partial charge in [-0.05, 0) is 25.0 Å². The lowest BCUT2D eigenvalue weighted by Gasteiger charge is -2.07. The predicted molar refractivity (Wildman–Crippen MR) is 84.4 cm³/mol. The molecule has 3 aromatic rings. The van der Waals surface area contributed by atoms with Gasteiger partial charge in [0.1, 0.15) is 5.82 Å². The minimum atomic E-state index is -4.44. The van der Waals surface area contributed by atoms with E-state index in [1.165, 1.54) is 28.3 Å². The van der Waals surface area contributed by atoms with Crippen molar-refractivity contribution >= 4 is 17.4 Å². The summed E-state index contributed by atoms with van der Waals surface area (Å²) in [6, 6.07) is 3.64. The second kappa shape index (κ2) is 5.87. The molecule has 0 unspecified atom stereocenters. The largest absolute Gasteiger partial charge is 0.417 e. The predicted octanol–water partition coefficient (Wildman–Crippen LogP) is 3.00. The Bertz CT molecular complexity index is 993. The van der Waals surface area contributed by atoms with Gasteiger partial charge < -0.3 is 4.98 Å². The fourth-order valence-electron chi connectivity index (χ4n) is 2.43. The van der Waals surface area contributed by atoms with Crippen LogP contribution in [0.1, 0.15) is 35.8 Å². The number of fused-ring (bicyclic) bond motifs is 1. The van der Waals surface area contributed by atoms with E-state index >= 15 is 0 Å². The van der Waals surface area contributed by atoms with Crippen LogP contribution in [0.3, 0.4) is 0 Å². The Kier molecular flexibility index (Phi) is 3.78. The summed E-state index contributed by atoms with van der Waals surface area (Å²) in [6.45, 7) is 0. The molecule has 1 fully saturated rings. The van der Waals surface area contributed by atoms with Crippen LogP contribution in [0, 0.1) is 0 Å². The normalized spacial score (nSPS) is 15.0. The average Bonchev–Trinajstić information content (AvgIpc) is 3.32. The molecule has 0 saturated heterocycles. The monoisotopic (exact) mass is 367 g/mol. The second-order valence-corrected chi connectivity index (χ2v) is 6.75. The van der Waals surface area contributed by atoms with Crippen molar-refractivity contribution in [1.29, 1.82) is 0 Å². The van der Waals surface area contributed by atoms with Crippen molar-refractivity contribution in [2.75, 3.05) is 0 Å². The number of hydrogen-bond donors (Lipinski definition) is 1. The number of halogens is 3. The van der Waals surface area contributed by atoms with Gasteiger partial charge in [-0.15, -0.1) is 10.2 Å². The van der Waals surface area contributed by atoms with E-state index in [-0.39, 0.29) is 5.56 Å². The van der Waals surface area contributed by atoms with E-state index in [0.29, 0.717) is 34.0 Å². The van der Waals surface area contributed by atoms with Crippen molar-refractivity contribution in [3.8, 4) is 0 Å². The van der Waals surface area contributed by atoms with Gasteiger partial charge in [-0.3, -0.25) is 9.20 Å². The Balaban J connectivity index is 1.60. The molecule has 0 radical (unpaired) electrons. The highest BCUT2D eigenvalue weighted by atomic mass is 32.2. The number of H-pyrrole nitrogens is 1. The molecule has 0 bridgehead atoms. The third-order valence-electron chi connectivity index (χ3n) is 3.82. The molecule has 0 aliphatic heterocycles. The lowest BCUT2D eigenvalue weighted by Crippen LogP contribution is -2.11. The van der Waals surface area contributed by atoms with E-state index in [2.05, 4.69) is 20.2 Å². The quantitative estimate of drug-likeness (QED) is 0.718. The van der Waals surface area contributed by atoms with E-state index in [1.807, 2.05) is 0 Å². The van der Waals surface area contributed by atoms with Crippen LogP contribution in [0.15, 0.2) is 34.3 Å². The lowest BCUT2D eigenvalue weighted by atomic mass is 10.3. The zero-order chi connectivity index (χ0) is 17.6. The number of alkyl halides is 3. The highest BCUT2D eigenvalue weighted by Gasteiger charge is 2.31. The Hall–Kier alpha value is -2.36. The average molecular weight is 367 g/mol. The van der Waals surface area contributed by atoms with Crippen LogP contribution >= 0.6 is 11.8 Å². The molecule has 0 spiro atoms. The molecule has 3 heterocycles. The molecule has 1 aliphatic rings. The smallest absolute Gasteiger partial charge is 0.310 e. The van der Waals surface area contributed by atoms with Gasteiger partial charge in [0.2, 0.25) is 0 Å². The number of aromatic amines is 1. The van der Waals surface area contributed by atoms with Gasteiger partial charge in [-0.2, -0.15) is 13.2 Å². The maximum absolute atomic E-state index is 12.9. The summed E-state index contributed by atoms with van der Waals surface area (Å²) in [7, 11) is 0. The van der Waals surface area contributed by atoms with Gasteiger partial charge in [0, 0.05) is 23.9 Å². The van der Waals surface area contributed by atoms with Crippen molar-refractivity contribution in [3.63, 3.8) is 0 Å². The third-order valence-corrected chi connectivity index (χ3v) is 4.80. The van der Waals surface area contributed by atoms with Crippen molar-refractivity contribution in [2.45, 2.75) is 35.8 Å². The Morgan fingerprint density at radius 1 is 1.28 bits per heavy atom. The molecular weight excluding hydrogens is 355 g/mol. The molecule has 1 aliphatic carbocycles. The number of thioether (sulfide) groups is 1. The fourth-order valence-corrected chi connectivity index (χ4v) is 3.24. The SMILES string of the molecule is O=c1cc(CSc2nnc3ccc(C(F)(F)F)cn23)nc(C2CC2)[nH]1. The van der Waals surface area contributed by atoms with Crippen LogP contribution < -0.4 is 5.56 Å². The summed E-state index contributed by atoms with van der Waals surface area (Å²) in [5.41, 5.74) is -0.0997. The molecule has 1 saturated carbocycles. The fraction of sp³-hybridized carbons (Fsp3) is 0.333. The highest BCUT2D eigenvalue weighted by Crippen LogP contribution is 2.37. The van der Waals surface area contributed by atoms with E-state index in [9.17, 15) is 18.0 Å². The van der Waals surface area contributed by atoms with Crippen molar-refractivity contribution in [2.24, 2.45) is 0 Å². The van der Waals surface area contributed by atoms with Crippen LogP contribution in [0.25, 0.3) is 5.65 Å². The molecule has 0 atom stereocenters. The molecule has 6 nitrogen and oxygen atoms in total. The first-order chi connectivity index (χ1) is 11.9. The van der Waals surface area contributed by atoms with Gasteiger partial charge >= 0.3 is 6.18 Å². The number of hydrogen-bond acceptors (Lipinski definition) is 5. The molecule has 10 heteroatoms. The summed E-state index contributed by atoms with van der Waals surface area (Å²) < 4.78 is 39.9. The van der Waals surface area contributed by atoms with Gasteiger partial charge in [-0.25, -0.2) is 4.98 Å². The number of nitrogens with zero attached hydrogens (tertiary/aromatic N) is 4. The number of aromatic nitrogens is 5. The van der Waals surface area contributed by atoms with Crippen molar-refractivity contribution in [1.82, 2.24) is 24.6 Å². The van der Waals surface area contributed by atoms with Crippen LogP contribution in [-0.4, -0.2) is 24.6 Å². The molecule has 0 amide bonds. The summed E-state index contributed by atoms with van der Waals surface area (Å²) in [6.07, 6.45) is -1.45.